The van der Waals surface area contributed by atoms with Gasteiger partial charge in [0.15, 0.2) is 0 Å². The number of hydrogen-bond acceptors (Lipinski definition) is 2. The highest BCUT2D eigenvalue weighted by atomic mass is 19.4. The molecule has 29 heavy (non-hydrogen) atoms. The Morgan fingerprint density at radius 1 is 1.21 bits per heavy atom. The van der Waals surface area contributed by atoms with Gasteiger partial charge in [-0.25, -0.2) is 0 Å². The molecule has 2 aliphatic heterocycles. The Morgan fingerprint density at radius 2 is 2.00 bits per heavy atom. The molecule has 2 atom stereocenters. The summed E-state index contributed by atoms with van der Waals surface area (Å²) in [4.78, 5) is 20.1. The maximum Gasteiger partial charge on any atom is 0.390 e. The zero-order valence-electron chi connectivity index (χ0n) is 16.1. The van der Waals surface area contributed by atoms with Crippen LogP contribution in [0.15, 0.2) is 30.5 Å². The molecule has 3 aliphatic rings. The maximum atomic E-state index is 13.1. The number of halogens is 3. The minimum absolute atomic E-state index is 0.0532. The minimum Gasteiger partial charge on any atom is -0.361 e. The molecule has 1 N–H and O–H groups in total. The van der Waals surface area contributed by atoms with Gasteiger partial charge in [0.05, 0.1) is 12.3 Å². The van der Waals surface area contributed by atoms with E-state index in [1.807, 2.05) is 40.3 Å². The molecular weight excluding hydrogens is 379 g/mol. The fourth-order valence-electron chi connectivity index (χ4n) is 5.17. The van der Waals surface area contributed by atoms with E-state index in [0.29, 0.717) is 13.0 Å². The molecule has 3 heterocycles. The predicted molar refractivity (Wildman–Crippen MR) is 105 cm³/mol. The molecule has 1 amide bonds. The number of aromatic amines is 1. The van der Waals surface area contributed by atoms with Crippen LogP contribution in [0, 0.1) is 5.92 Å². The lowest BCUT2D eigenvalue weighted by atomic mass is 9.79. The van der Waals surface area contributed by atoms with Crippen molar-refractivity contribution in [2.45, 2.75) is 37.9 Å². The number of alkyl halides is 3. The summed E-state index contributed by atoms with van der Waals surface area (Å²) in [6, 6.07) is 5.89. The Morgan fingerprint density at radius 3 is 2.76 bits per heavy atom. The van der Waals surface area contributed by atoms with Gasteiger partial charge < -0.3 is 9.88 Å². The summed E-state index contributed by atoms with van der Waals surface area (Å²) in [5, 5.41) is 1.14. The number of amides is 1. The fraction of sp³-hybridized carbons (Fsp3) is 0.500. The lowest BCUT2D eigenvalue weighted by Crippen LogP contribution is -2.49. The third-order valence-electron chi connectivity index (χ3n) is 6.54. The molecule has 2 aromatic rings. The van der Waals surface area contributed by atoms with E-state index in [2.05, 4.69) is 4.98 Å². The summed E-state index contributed by atoms with van der Waals surface area (Å²) in [6.45, 7) is 1.78. The lowest BCUT2D eigenvalue weighted by molar-refractivity contribution is -0.140. The van der Waals surface area contributed by atoms with Crippen molar-refractivity contribution in [2.75, 3.05) is 26.2 Å². The van der Waals surface area contributed by atoms with Gasteiger partial charge in [-0.15, -0.1) is 0 Å². The van der Waals surface area contributed by atoms with Crippen LogP contribution in [0.3, 0.4) is 0 Å². The standard InChI is InChI=1S/C22H24F3N3O/c23-22(24,25)6-9-28-13-15(21(29)27-7-1-2-8-27)10-17-16-4-3-5-18-20(16)14(12-26-18)11-19(17)28/h3-5,10,12,15,19,26H,1-2,6-9,11,13H2/t15-,19-/m1/s1. The fourth-order valence-corrected chi connectivity index (χ4v) is 5.17. The van der Waals surface area contributed by atoms with E-state index in [1.165, 1.54) is 0 Å². The second-order valence-electron chi connectivity index (χ2n) is 8.38. The average Bonchev–Trinajstić information content (AvgIpc) is 3.36. The SMILES string of the molecule is O=C([C@@H]1C=C2c3cccc4[nH]cc(c34)C[C@H]2N(CCC(F)(F)F)C1)N1CCCC1. The number of likely N-dealkylation sites (tertiary alicyclic amines) is 1. The van der Waals surface area contributed by atoms with Crippen molar-refractivity contribution in [1.29, 1.82) is 0 Å². The number of nitrogens with zero attached hydrogens (tertiary/aromatic N) is 2. The smallest absolute Gasteiger partial charge is 0.361 e. The molecule has 1 aliphatic carbocycles. The largest absolute Gasteiger partial charge is 0.390 e. The van der Waals surface area contributed by atoms with Gasteiger partial charge in [-0.2, -0.15) is 13.2 Å². The van der Waals surface area contributed by atoms with E-state index in [9.17, 15) is 18.0 Å². The third kappa shape index (κ3) is 3.35. The normalized spacial score (nSPS) is 24.7. The number of aromatic nitrogens is 1. The Kier molecular flexibility index (Phi) is 4.46. The second kappa shape index (κ2) is 6.90. The van der Waals surface area contributed by atoms with Crippen molar-refractivity contribution in [3.63, 3.8) is 0 Å². The molecule has 4 nitrogen and oxygen atoms in total. The van der Waals surface area contributed by atoms with Gasteiger partial charge in [-0.05, 0) is 42.0 Å². The Labute approximate surface area is 167 Å². The number of carbonyl (C=O) groups is 1. The summed E-state index contributed by atoms with van der Waals surface area (Å²) >= 11 is 0. The van der Waals surface area contributed by atoms with E-state index >= 15 is 0 Å². The van der Waals surface area contributed by atoms with Gasteiger partial charge in [-0.1, -0.05) is 18.2 Å². The summed E-state index contributed by atoms with van der Waals surface area (Å²) < 4.78 is 39.0. The minimum atomic E-state index is -4.20. The molecule has 5 rings (SSSR count). The van der Waals surface area contributed by atoms with Crippen molar-refractivity contribution in [2.24, 2.45) is 5.92 Å². The highest BCUT2D eigenvalue weighted by Gasteiger charge is 2.40. The first-order valence-corrected chi connectivity index (χ1v) is 10.3. The van der Waals surface area contributed by atoms with Crippen molar-refractivity contribution in [1.82, 2.24) is 14.8 Å². The summed E-state index contributed by atoms with van der Waals surface area (Å²) in [5.74, 6) is -0.333. The molecule has 0 saturated carbocycles. The Bertz CT molecular complexity index is 971. The van der Waals surface area contributed by atoms with Gasteiger partial charge >= 0.3 is 6.18 Å². The second-order valence-corrected chi connectivity index (χ2v) is 8.38. The van der Waals surface area contributed by atoms with Crippen LogP contribution in [0.25, 0.3) is 16.5 Å². The predicted octanol–water partition coefficient (Wildman–Crippen LogP) is 3.98. The third-order valence-corrected chi connectivity index (χ3v) is 6.54. The highest BCUT2D eigenvalue weighted by molar-refractivity contribution is 5.99. The van der Waals surface area contributed by atoms with E-state index in [0.717, 1.165) is 53.5 Å². The molecule has 7 heteroatoms. The number of carbonyl (C=O) groups excluding carboxylic acids is 1. The van der Waals surface area contributed by atoms with E-state index in [1.54, 1.807) is 0 Å². The molecular formula is C22H24F3N3O. The van der Waals surface area contributed by atoms with Crippen molar-refractivity contribution < 1.29 is 18.0 Å². The van der Waals surface area contributed by atoms with Gasteiger partial charge in [-0.3, -0.25) is 9.69 Å². The van der Waals surface area contributed by atoms with E-state index in [-0.39, 0.29) is 24.4 Å². The first-order valence-electron chi connectivity index (χ1n) is 10.3. The first-order chi connectivity index (χ1) is 13.9. The number of hydrogen-bond donors (Lipinski definition) is 1. The first kappa shape index (κ1) is 18.7. The quantitative estimate of drug-likeness (QED) is 0.842. The molecule has 0 radical (unpaired) electrons. The van der Waals surface area contributed by atoms with Gasteiger partial charge in [0.1, 0.15) is 0 Å². The highest BCUT2D eigenvalue weighted by Crippen LogP contribution is 2.42. The van der Waals surface area contributed by atoms with Crippen LogP contribution in [-0.4, -0.2) is 59.1 Å². The van der Waals surface area contributed by atoms with Gasteiger partial charge in [0, 0.05) is 49.3 Å². The number of nitrogens with one attached hydrogen (secondary N) is 1. The molecule has 1 aromatic carbocycles. The summed E-state index contributed by atoms with van der Waals surface area (Å²) in [5.41, 5.74) is 4.23. The van der Waals surface area contributed by atoms with Crippen LogP contribution in [0.1, 0.15) is 30.4 Å². The molecule has 1 aromatic heterocycles. The van der Waals surface area contributed by atoms with Crippen LogP contribution >= 0.6 is 0 Å². The van der Waals surface area contributed by atoms with Crippen molar-refractivity contribution in [3.8, 4) is 0 Å². The Hall–Kier alpha value is -2.28. The Balaban J connectivity index is 1.54. The zero-order valence-corrected chi connectivity index (χ0v) is 16.1. The summed E-state index contributed by atoms with van der Waals surface area (Å²) in [6.07, 6.45) is 1.62. The van der Waals surface area contributed by atoms with Crippen LogP contribution < -0.4 is 0 Å². The maximum absolute atomic E-state index is 13.1. The monoisotopic (exact) mass is 403 g/mol. The lowest BCUT2D eigenvalue weighted by Gasteiger charge is -2.42. The number of H-pyrrole nitrogens is 1. The van der Waals surface area contributed by atoms with Gasteiger partial charge in [0.25, 0.3) is 0 Å². The number of fused-ring (bicyclic) bond motifs is 2. The van der Waals surface area contributed by atoms with Crippen molar-refractivity contribution in [3.05, 3.63) is 41.6 Å². The van der Waals surface area contributed by atoms with Crippen LogP contribution in [0.4, 0.5) is 13.2 Å². The summed E-state index contributed by atoms with van der Waals surface area (Å²) in [7, 11) is 0. The van der Waals surface area contributed by atoms with Crippen molar-refractivity contribution >= 4 is 22.4 Å². The zero-order chi connectivity index (χ0) is 20.2. The topological polar surface area (TPSA) is 39.3 Å². The average molecular weight is 403 g/mol. The molecule has 1 fully saturated rings. The molecule has 0 spiro atoms. The molecule has 1 saturated heterocycles. The van der Waals surface area contributed by atoms with E-state index < -0.39 is 12.6 Å². The van der Waals surface area contributed by atoms with Crippen LogP contribution in [0.5, 0.6) is 0 Å². The van der Waals surface area contributed by atoms with Crippen LogP contribution in [-0.2, 0) is 11.2 Å². The number of rotatable bonds is 3. The molecule has 154 valence electrons. The van der Waals surface area contributed by atoms with Crippen LogP contribution in [0.2, 0.25) is 0 Å². The molecule has 0 bridgehead atoms. The van der Waals surface area contributed by atoms with Gasteiger partial charge in [0.2, 0.25) is 5.91 Å². The number of benzene rings is 1. The van der Waals surface area contributed by atoms with E-state index in [4.69, 9.17) is 0 Å². The molecule has 0 unspecified atom stereocenters.